The van der Waals surface area contributed by atoms with Crippen molar-refractivity contribution in [1.29, 1.82) is 0 Å². The molecule has 0 radical (unpaired) electrons. The lowest BCUT2D eigenvalue weighted by Crippen LogP contribution is -2.31. The molecule has 19 heavy (non-hydrogen) atoms. The van der Waals surface area contributed by atoms with Gasteiger partial charge in [0.25, 0.3) is 0 Å². The third-order valence-corrected chi connectivity index (χ3v) is 4.89. The van der Waals surface area contributed by atoms with E-state index in [-0.39, 0.29) is 0 Å². The van der Waals surface area contributed by atoms with E-state index in [1.54, 1.807) is 0 Å². The van der Waals surface area contributed by atoms with Crippen molar-refractivity contribution < 1.29 is 0 Å². The first kappa shape index (κ1) is 13.5. The molecule has 2 heteroatoms. The zero-order valence-electron chi connectivity index (χ0n) is 11.6. The second kappa shape index (κ2) is 6.28. The monoisotopic (exact) mass is 277 g/mol. The van der Waals surface area contributed by atoms with E-state index in [4.69, 9.17) is 11.6 Å². The summed E-state index contributed by atoms with van der Waals surface area (Å²) in [5, 5.41) is 4.70. The van der Waals surface area contributed by atoms with E-state index in [1.165, 1.54) is 57.1 Å². The van der Waals surface area contributed by atoms with Gasteiger partial charge in [0, 0.05) is 11.1 Å². The molecule has 3 rings (SSSR count). The summed E-state index contributed by atoms with van der Waals surface area (Å²) in [4.78, 5) is 0. The predicted molar refractivity (Wildman–Crippen MR) is 81.5 cm³/mol. The Balaban J connectivity index is 1.73. The average Bonchev–Trinajstić information content (AvgIpc) is 3.25. The van der Waals surface area contributed by atoms with Gasteiger partial charge in [-0.05, 0) is 61.8 Å². The maximum atomic E-state index is 6.18. The molecule has 0 aromatic heterocycles. The van der Waals surface area contributed by atoms with Gasteiger partial charge in [0.05, 0.1) is 0 Å². The van der Waals surface area contributed by atoms with Crippen molar-refractivity contribution in [3.8, 4) is 0 Å². The summed E-state index contributed by atoms with van der Waals surface area (Å²) in [7, 11) is 0. The second-order valence-electron chi connectivity index (χ2n) is 6.28. The summed E-state index contributed by atoms with van der Waals surface area (Å²) in [5.41, 5.74) is 1.39. The smallest absolute Gasteiger partial charge is 0.0409 e. The van der Waals surface area contributed by atoms with Crippen molar-refractivity contribution in [1.82, 2.24) is 5.32 Å². The maximum absolute atomic E-state index is 6.18. The molecule has 2 fully saturated rings. The number of hydrogen-bond donors (Lipinski definition) is 1. The Morgan fingerprint density at radius 2 is 1.89 bits per heavy atom. The van der Waals surface area contributed by atoms with Crippen LogP contribution in [0.5, 0.6) is 0 Å². The van der Waals surface area contributed by atoms with Gasteiger partial charge < -0.3 is 5.32 Å². The molecule has 0 saturated heterocycles. The minimum Gasteiger partial charge on any atom is -0.309 e. The number of nitrogens with one attached hydrogen (secondary N) is 1. The van der Waals surface area contributed by atoms with Crippen molar-refractivity contribution in [3.05, 3.63) is 34.9 Å². The van der Waals surface area contributed by atoms with Crippen LogP contribution in [-0.2, 0) is 0 Å². The summed E-state index contributed by atoms with van der Waals surface area (Å²) in [6, 6.07) is 8.97. The summed E-state index contributed by atoms with van der Waals surface area (Å²) in [5.74, 6) is 1.73. The van der Waals surface area contributed by atoms with Gasteiger partial charge in [-0.3, -0.25) is 0 Å². The molecule has 1 nitrogen and oxygen atoms in total. The van der Waals surface area contributed by atoms with Crippen molar-refractivity contribution >= 4 is 11.6 Å². The fourth-order valence-corrected chi connectivity index (χ4v) is 3.54. The topological polar surface area (TPSA) is 12.0 Å². The first-order valence-corrected chi connectivity index (χ1v) is 8.19. The van der Waals surface area contributed by atoms with E-state index in [1.807, 2.05) is 6.07 Å². The van der Waals surface area contributed by atoms with Gasteiger partial charge in [0.15, 0.2) is 0 Å². The average molecular weight is 278 g/mol. The van der Waals surface area contributed by atoms with Crippen LogP contribution in [0.15, 0.2) is 24.3 Å². The molecular formula is C17H24ClN. The molecule has 2 aliphatic rings. The molecular weight excluding hydrogens is 254 g/mol. The Labute approximate surface area is 121 Å². The highest BCUT2D eigenvalue weighted by molar-refractivity contribution is 6.30. The fourth-order valence-electron chi connectivity index (χ4n) is 3.34. The van der Waals surface area contributed by atoms with Gasteiger partial charge in [-0.15, -0.1) is 0 Å². The van der Waals surface area contributed by atoms with E-state index in [9.17, 15) is 0 Å². The Morgan fingerprint density at radius 3 is 2.58 bits per heavy atom. The third kappa shape index (κ3) is 3.73. The van der Waals surface area contributed by atoms with Crippen LogP contribution in [0.2, 0.25) is 5.02 Å². The van der Waals surface area contributed by atoms with Crippen LogP contribution in [-0.4, -0.2) is 6.54 Å². The molecule has 104 valence electrons. The van der Waals surface area contributed by atoms with E-state index in [0.29, 0.717) is 6.04 Å². The quantitative estimate of drug-likeness (QED) is 0.802. The lowest BCUT2D eigenvalue weighted by molar-refractivity contribution is 0.269. The van der Waals surface area contributed by atoms with E-state index >= 15 is 0 Å². The zero-order valence-corrected chi connectivity index (χ0v) is 12.3. The van der Waals surface area contributed by atoms with Crippen LogP contribution in [0.3, 0.4) is 0 Å². The summed E-state index contributed by atoms with van der Waals surface area (Å²) < 4.78 is 0. The predicted octanol–water partition coefficient (Wildman–Crippen LogP) is 4.96. The number of benzene rings is 1. The first-order valence-electron chi connectivity index (χ1n) is 7.82. The molecule has 0 spiro atoms. The van der Waals surface area contributed by atoms with E-state index < -0.39 is 0 Å². The highest BCUT2D eigenvalue weighted by atomic mass is 35.5. The molecule has 1 N–H and O–H groups in total. The van der Waals surface area contributed by atoms with Crippen LogP contribution >= 0.6 is 11.6 Å². The summed E-state index contributed by atoms with van der Waals surface area (Å²) >= 11 is 6.18. The largest absolute Gasteiger partial charge is 0.309 e. The molecule has 1 unspecified atom stereocenters. The second-order valence-corrected chi connectivity index (χ2v) is 6.72. The molecule has 1 atom stereocenters. The lowest BCUT2D eigenvalue weighted by atomic mass is 9.81. The van der Waals surface area contributed by atoms with E-state index in [2.05, 4.69) is 23.5 Å². The summed E-state index contributed by atoms with van der Waals surface area (Å²) in [6.45, 7) is 1.19. The zero-order chi connectivity index (χ0) is 13.1. The van der Waals surface area contributed by atoms with Crippen LogP contribution in [0, 0.1) is 11.8 Å². The van der Waals surface area contributed by atoms with Gasteiger partial charge in [-0.2, -0.15) is 0 Å². The highest BCUT2D eigenvalue weighted by Gasteiger charge is 2.28. The van der Waals surface area contributed by atoms with Crippen molar-refractivity contribution in [2.75, 3.05) is 6.54 Å². The van der Waals surface area contributed by atoms with Crippen LogP contribution in [0.25, 0.3) is 0 Å². The Hall–Kier alpha value is -0.530. The standard InChI is InChI=1S/C17H24ClN/c18-16-8-4-7-15(11-16)17(19-12-13-9-10-13)14-5-2-1-3-6-14/h4,7-8,11,13-14,17,19H,1-3,5-6,9-10,12H2. The van der Waals surface area contributed by atoms with Crippen molar-refractivity contribution in [3.63, 3.8) is 0 Å². The Morgan fingerprint density at radius 1 is 1.11 bits per heavy atom. The van der Waals surface area contributed by atoms with Crippen LogP contribution in [0.1, 0.15) is 56.6 Å². The van der Waals surface area contributed by atoms with Gasteiger partial charge in [-0.25, -0.2) is 0 Å². The van der Waals surface area contributed by atoms with Gasteiger partial charge >= 0.3 is 0 Å². The maximum Gasteiger partial charge on any atom is 0.0409 e. The lowest BCUT2D eigenvalue weighted by Gasteiger charge is -2.31. The van der Waals surface area contributed by atoms with Crippen molar-refractivity contribution in [2.24, 2.45) is 11.8 Å². The number of halogens is 1. The van der Waals surface area contributed by atoms with Crippen LogP contribution in [0.4, 0.5) is 0 Å². The fraction of sp³-hybridized carbons (Fsp3) is 0.647. The summed E-state index contributed by atoms with van der Waals surface area (Å²) in [6.07, 6.45) is 9.78. The molecule has 1 aromatic carbocycles. The SMILES string of the molecule is Clc1cccc(C(NCC2CC2)C2CCCCC2)c1. The molecule has 0 aliphatic heterocycles. The molecule has 0 bridgehead atoms. The van der Waals surface area contributed by atoms with Gasteiger partial charge in [-0.1, -0.05) is 43.0 Å². The number of rotatable bonds is 5. The number of hydrogen-bond acceptors (Lipinski definition) is 1. The molecule has 1 aromatic rings. The third-order valence-electron chi connectivity index (χ3n) is 4.65. The molecule has 0 heterocycles. The molecule has 2 aliphatic carbocycles. The van der Waals surface area contributed by atoms with Crippen molar-refractivity contribution in [2.45, 2.75) is 51.0 Å². The highest BCUT2D eigenvalue weighted by Crippen LogP contribution is 2.36. The van der Waals surface area contributed by atoms with Gasteiger partial charge in [0.2, 0.25) is 0 Å². The molecule has 0 amide bonds. The molecule has 2 saturated carbocycles. The Kier molecular flexibility index (Phi) is 4.45. The first-order chi connectivity index (χ1) is 9.33. The van der Waals surface area contributed by atoms with Crippen LogP contribution < -0.4 is 5.32 Å². The van der Waals surface area contributed by atoms with E-state index in [0.717, 1.165) is 16.9 Å². The minimum atomic E-state index is 0.514. The Bertz CT molecular complexity index is 407. The normalized spacial score (nSPS) is 22.4. The van der Waals surface area contributed by atoms with Gasteiger partial charge in [0.1, 0.15) is 0 Å². The minimum absolute atomic E-state index is 0.514.